The zero-order valence-corrected chi connectivity index (χ0v) is 12.3. The van der Waals surface area contributed by atoms with Crippen LogP contribution >= 0.6 is 0 Å². The van der Waals surface area contributed by atoms with E-state index in [1.807, 2.05) is 6.07 Å². The van der Waals surface area contributed by atoms with Gasteiger partial charge in [-0.15, -0.1) is 5.10 Å². The van der Waals surface area contributed by atoms with Crippen molar-refractivity contribution in [2.24, 2.45) is 0 Å². The van der Waals surface area contributed by atoms with Crippen molar-refractivity contribution in [3.8, 4) is 6.07 Å². The number of non-ortho nitro benzene ring substituents is 1. The fraction of sp³-hybridized carbons (Fsp3) is 0.357. The van der Waals surface area contributed by atoms with Crippen LogP contribution < -0.4 is 10.6 Å². The minimum Gasteiger partial charge on any atom is -0.370 e. The first-order valence-corrected chi connectivity index (χ1v) is 7.19. The van der Waals surface area contributed by atoms with Gasteiger partial charge >= 0.3 is 0 Å². The van der Waals surface area contributed by atoms with Crippen molar-refractivity contribution < 1.29 is 4.92 Å². The van der Waals surface area contributed by atoms with E-state index in [1.165, 1.54) is 12.1 Å². The van der Waals surface area contributed by atoms with Crippen LogP contribution in [0.15, 0.2) is 18.2 Å². The van der Waals surface area contributed by atoms with E-state index in [1.54, 1.807) is 6.07 Å². The highest BCUT2D eigenvalue weighted by Crippen LogP contribution is 2.31. The number of benzene rings is 1. The summed E-state index contributed by atoms with van der Waals surface area (Å²) in [5, 5.41) is 26.8. The van der Waals surface area contributed by atoms with Crippen molar-refractivity contribution >= 4 is 17.3 Å². The minimum absolute atomic E-state index is 0.0719. The number of anilines is 2. The summed E-state index contributed by atoms with van der Waals surface area (Å²) in [5.74, 6) is 1.27. The molecule has 3 rings (SSSR count). The van der Waals surface area contributed by atoms with Gasteiger partial charge in [-0.05, 0) is 18.9 Å². The first-order valence-electron chi connectivity index (χ1n) is 7.19. The highest BCUT2D eigenvalue weighted by molar-refractivity contribution is 5.63. The normalized spacial score (nSPS) is 15.3. The van der Waals surface area contributed by atoms with Crippen molar-refractivity contribution in [1.29, 1.82) is 5.26 Å². The molecule has 23 heavy (non-hydrogen) atoms. The van der Waals surface area contributed by atoms with Gasteiger partial charge in [0.15, 0.2) is 0 Å². The summed E-state index contributed by atoms with van der Waals surface area (Å²) in [6, 6.07) is 6.43. The van der Waals surface area contributed by atoms with E-state index in [4.69, 9.17) is 5.73 Å². The van der Waals surface area contributed by atoms with Gasteiger partial charge in [0.2, 0.25) is 5.95 Å². The summed E-state index contributed by atoms with van der Waals surface area (Å²) >= 11 is 0. The van der Waals surface area contributed by atoms with Crippen LogP contribution in [0.25, 0.3) is 0 Å². The molecule has 0 unspecified atom stereocenters. The van der Waals surface area contributed by atoms with Gasteiger partial charge < -0.3 is 10.6 Å². The molecule has 1 saturated heterocycles. The third-order valence-electron chi connectivity index (χ3n) is 4.05. The van der Waals surface area contributed by atoms with E-state index in [9.17, 15) is 15.4 Å². The lowest BCUT2D eigenvalue weighted by molar-refractivity contribution is -0.384. The summed E-state index contributed by atoms with van der Waals surface area (Å²) in [5.41, 5.74) is 6.50. The molecule has 1 aromatic heterocycles. The van der Waals surface area contributed by atoms with Crippen molar-refractivity contribution in [2.45, 2.75) is 18.8 Å². The number of aromatic amines is 1. The third-order valence-corrected chi connectivity index (χ3v) is 4.05. The number of rotatable bonds is 3. The van der Waals surface area contributed by atoms with E-state index >= 15 is 0 Å². The van der Waals surface area contributed by atoms with E-state index in [0.29, 0.717) is 5.56 Å². The summed E-state index contributed by atoms with van der Waals surface area (Å²) in [6.07, 6.45) is 1.69. The Bertz CT molecular complexity index is 772. The van der Waals surface area contributed by atoms with Gasteiger partial charge in [-0.25, -0.2) is 0 Å². The van der Waals surface area contributed by atoms with Crippen LogP contribution in [0, 0.1) is 21.4 Å². The second-order valence-electron chi connectivity index (χ2n) is 5.41. The molecule has 1 aliphatic heterocycles. The predicted octanol–water partition coefficient (Wildman–Crippen LogP) is 1.55. The molecule has 9 heteroatoms. The molecule has 0 amide bonds. The van der Waals surface area contributed by atoms with E-state index < -0.39 is 4.92 Å². The monoisotopic (exact) mass is 313 g/mol. The fourth-order valence-corrected chi connectivity index (χ4v) is 2.87. The summed E-state index contributed by atoms with van der Waals surface area (Å²) in [4.78, 5) is 16.5. The molecule has 1 fully saturated rings. The Kier molecular flexibility index (Phi) is 3.80. The molecule has 0 atom stereocenters. The molecule has 0 bridgehead atoms. The minimum atomic E-state index is -0.495. The number of nitrogens with two attached hydrogens (primary N) is 1. The van der Waals surface area contributed by atoms with Crippen molar-refractivity contribution in [2.75, 3.05) is 23.7 Å². The highest BCUT2D eigenvalue weighted by Gasteiger charge is 2.25. The third kappa shape index (κ3) is 2.91. The molecule has 0 spiro atoms. The Morgan fingerprint density at radius 1 is 1.43 bits per heavy atom. The van der Waals surface area contributed by atoms with Gasteiger partial charge in [0.1, 0.15) is 11.9 Å². The van der Waals surface area contributed by atoms with Crippen molar-refractivity contribution in [1.82, 2.24) is 15.2 Å². The molecular formula is C14H15N7O2. The largest absolute Gasteiger partial charge is 0.370 e. The van der Waals surface area contributed by atoms with Crippen LogP contribution in [0.5, 0.6) is 0 Å². The molecule has 2 heterocycles. The lowest BCUT2D eigenvalue weighted by Crippen LogP contribution is -2.33. The second-order valence-corrected chi connectivity index (χ2v) is 5.41. The number of piperidine rings is 1. The van der Waals surface area contributed by atoms with Crippen LogP contribution in [0.1, 0.15) is 30.1 Å². The smallest absolute Gasteiger partial charge is 0.270 e. The zero-order valence-electron chi connectivity index (χ0n) is 12.3. The van der Waals surface area contributed by atoms with Gasteiger partial charge in [-0.2, -0.15) is 10.2 Å². The number of hydrogen-bond acceptors (Lipinski definition) is 7. The number of hydrogen-bond donors (Lipinski definition) is 2. The summed E-state index contributed by atoms with van der Waals surface area (Å²) in [6.45, 7) is 1.47. The van der Waals surface area contributed by atoms with Crippen LogP contribution in [0.2, 0.25) is 0 Å². The van der Waals surface area contributed by atoms with E-state index in [2.05, 4.69) is 20.1 Å². The molecule has 9 nitrogen and oxygen atoms in total. The first kappa shape index (κ1) is 14.8. The van der Waals surface area contributed by atoms with E-state index in [0.717, 1.165) is 37.4 Å². The average Bonchev–Trinajstić information content (AvgIpc) is 3.01. The number of nitrogens with one attached hydrogen (secondary N) is 1. The fourth-order valence-electron chi connectivity index (χ4n) is 2.87. The van der Waals surface area contributed by atoms with Gasteiger partial charge in [0.05, 0.1) is 16.2 Å². The van der Waals surface area contributed by atoms with Crippen LogP contribution in [0.3, 0.4) is 0 Å². The van der Waals surface area contributed by atoms with Crippen LogP contribution in [0.4, 0.5) is 17.3 Å². The highest BCUT2D eigenvalue weighted by atomic mass is 16.6. The Morgan fingerprint density at radius 3 is 2.74 bits per heavy atom. The zero-order chi connectivity index (χ0) is 16.4. The molecule has 118 valence electrons. The first-order chi connectivity index (χ1) is 11.1. The number of nitro benzene ring substituents is 1. The van der Waals surface area contributed by atoms with Gasteiger partial charge in [-0.1, -0.05) is 0 Å². The van der Waals surface area contributed by atoms with Gasteiger partial charge in [0.25, 0.3) is 5.69 Å². The second kappa shape index (κ2) is 5.92. The number of nitrogen functional groups attached to an aromatic ring is 1. The van der Waals surface area contributed by atoms with E-state index in [-0.39, 0.29) is 17.6 Å². The topological polar surface area (TPSA) is 138 Å². The quantitative estimate of drug-likeness (QED) is 0.647. The lowest BCUT2D eigenvalue weighted by Gasteiger charge is -2.33. The molecule has 0 saturated carbocycles. The maximum absolute atomic E-state index is 10.8. The molecule has 0 aliphatic carbocycles. The Balaban J connectivity index is 1.75. The Hall–Kier alpha value is -3.15. The van der Waals surface area contributed by atoms with Gasteiger partial charge in [-0.3, -0.25) is 15.2 Å². The number of nitrogens with zero attached hydrogens (tertiary/aromatic N) is 5. The molecule has 1 aliphatic rings. The molecular weight excluding hydrogens is 298 g/mol. The maximum atomic E-state index is 10.8. The molecule has 2 aromatic rings. The molecule has 1 aromatic carbocycles. The predicted molar refractivity (Wildman–Crippen MR) is 82.8 cm³/mol. The van der Waals surface area contributed by atoms with Gasteiger partial charge in [0, 0.05) is 31.1 Å². The van der Waals surface area contributed by atoms with Crippen molar-refractivity contribution in [3.05, 3.63) is 39.7 Å². The maximum Gasteiger partial charge on any atom is 0.270 e. The number of H-pyrrole nitrogens is 1. The number of nitriles is 1. The standard InChI is InChI=1S/C14H15N7O2/c15-8-10-7-11(21(22)23)1-2-12(10)20-5-3-9(4-6-20)13-17-14(16)19-18-13/h1-2,7,9H,3-6H2,(H3,16,17,18,19). The van der Waals surface area contributed by atoms with Crippen molar-refractivity contribution in [3.63, 3.8) is 0 Å². The average molecular weight is 313 g/mol. The molecule has 3 N–H and O–H groups in total. The number of nitro groups is 1. The van der Waals surface area contributed by atoms with Crippen LogP contribution in [-0.2, 0) is 0 Å². The Labute approximate surface area is 131 Å². The van der Waals surface area contributed by atoms with Crippen LogP contribution in [-0.4, -0.2) is 33.2 Å². The summed E-state index contributed by atoms with van der Waals surface area (Å²) < 4.78 is 0. The Morgan fingerprint density at radius 2 is 2.17 bits per heavy atom. The lowest BCUT2D eigenvalue weighted by atomic mass is 9.95. The number of aromatic nitrogens is 3. The SMILES string of the molecule is N#Cc1cc([N+](=O)[O-])ccc1N1CCC(c2nc(N)n[nH]2)CC1. The molecule has 0 radical (unpaired) electrons. The summed E-state index contributed by atoms with van der Waals surface area (Å²) in [7, 11) is 0.